The molecule has 0 unspecified atom stereocenters. The van der Waals surface area contributed by atoms with Crippen molar-refractivity contribution in [3.8, 4) is 0 Å². The van der Waals surface area contributed by atoms with Crippen LogP contribution < -0.4 is 14.1 Å². The maximum Gasteiger partial charge on any atom is 0.494 e. The van der Waals surface area contributed by atoms with Gasteiger partial charge in [0.2, 0.25) is 0 Å². The molecule has 2 heterocycles. The highest BCUT2D eigenvalue weighted by molar-refractivity contribution is 7.94. The topological polar surface area (TPSA) is 68.3 Å². The molecule has 2 aliphatic rings. The summed E-state index contributed by atoms with van der Waals surface area (Å²) in [6.45, 7) is 15.4. The molecule has 7 nitrogen and oxygen atoms in total. The number of ether oxygens (including phenoxy) is 1. The molecule has 0 N–H and O–H groups in total. The number of anilines is 2. The Morgan fingerprint density at radius 1 is 1.07 bits per heavy atom. The van der Waals surface area contributed by atoms with E-state index >= 15 is 0 Å². The molecule has 0 atom stereocenters. The monoisotopic (exact) mass is 440 g/mol. The van der Waals surface area contributed by atoms with Gasteiger partial charge in [0.05, 0.1) is 22.6 Å². The second-order valence-corrected chi connectivity index (χ2v) is 17.5. The SMILES string of the molecule is CN1c2cc(B3OC(C)(C)C(C)(C)O3)ccc2N(COCC[Si](C)(C)C)S1(=O)=O. The van der Waals surface area contributed by atoms with E-state index in [0.29, 0.717) is 18.0 Å². The van der Waals surface area contributed by atoms with Gasteiger partial charge in [-0.2, -0.15) is 8.42 Å². The molecule has 10 heteroatoms. The van der Waals surface area contributed by atoms with Gasteiger partial charge in [-0.15, -0.1) is 0 Å². The minimum Gasteiger partial charge on any atom is -0.399 e. The van der Waals surface area contributed by atoms with E-state index in [-0.39, 0.29) is 6.73 Å². The first-order valence-corrected chi connectivity index (χ1v) is 15.1. The Bertz CT molecular complexity index is 869. The Morgan fingerprint density at radius 3 is 2.21 bits per heavy atom. The predicted molar refractivity (Wildman–Crippen MR) is 121 cm³/mol. The molecule has 0 amide bonds. The van der Waals surface area contributed by atoms with Gasteiger partial charge in [0.25, 0.3) is 0 Å². The van der Waals surface area contributed by atoms with Crippen LogP contribution in [0.15, 0.2) is 18.2 Å². The van der Waals surface area contributed by atoms with Crippen LogP contribution in [0.1, 0.15) is 27.7 Å². The molecular weight excluding hydrogens is 407 g/mol. The van der Waals surface area contributed by atoms with Crippen molar-refractivity contribution in [2.45, 2.75) is 64.6 Å². The maximum absolute atomic E-state index is 12.9. The van der Waals surface area contributed by atoms with Gasteiger partial charge in [0, 0.05) is 21.7 Å². The van der Waals surface area contributed by atoms with Crippen molar-refractivity contribution in [1.82, 2.24) is 0 Å². The van der Waals surface area contributed by atoms with E-state index in [2.05, 4.69) is 19.6 Å². The van der Waals surface area contributed by atoms with Gasteiger partial charge in [0.15, 0.2) is 0 Å². The van der Waals surface area contributed by atoms with Crippen LogP contribution in [0.3, 0.4) is 0 Å². The van der Waals surface area contributed by atoms with E-state index in [4.69, 9.17) is 14.0 Å². The van der Waals surface area contributed by atoms with Gasteiger partial charge >= 0.3 is 17.3 Å². The third kappa shape index (κ3) is 4.23. The Hall–Kier alpha value is -1.07. The van der Waals surface area contributed by atoms with Gasteiger partial charge in [-0.05, 0) is 51.3 Å². The smallest absolute Gasteiger partial charge is 0.399 e. The lowest BCUT2D eigenvalue weighted by atomic mass is 9.79. The molecule has 3 rings (SSSR count). The highest BCUT2D eigenvalue weighted by Crippen LogP contribution is 2.41. The Morgan fingerprint density at radius 2 is 1.66 bits per heavy atom. The molecule has 0 bridgehead atoms. The number of hydrogen-bond acceptors (Lipinski definition) is 5. The maximum atomic E-state index is 12.9. The second-order valence-electron chi connectivity index (χ2n) is 10.0. The van der Waals surface area contributed by atoms with E-state index in [1.807, 2.05) is 39.8 Å². The largest absolute Gasteiger partial charge is 0.494 e. The van der Waals surface area contributed by atoms with E-state index < -0.39 is 36.6 Å². The van der Waals surface area contributed by atoms with Crippen molar-refractivity contribution < 1.29 is 22.5 Å². The van der Waals surface area contributed by atoms with Crippen LogP contribution in [0.4, 0.5) is 11.4 Å². The summed E-state index contributed by atoms with van der Waals surface area (Å²) in [6, 6.07) is 6.49. The van der Waals surface area contributed by atoms with Gasteiger partial charge < -0.3 is 14.0 Å². The average molecular weight is 440 g/mol. The molecule has 0 aromatic heterocycles. The van der Waals surface area contributed by atoms with E-state index in [9.17, 15) is 8.42 Å². The molecule has 1 saturated heterocycles. The molecule has 1 aromatic rings. The minimum atomic E-state index is -3.66. The van der Waals surface area contributed by atoms with Crippen molar-refractivity contribution in [2.24, 2.45) is 0 Å². The highest BCUT2D eigenvalue weighted by Gasteiger charge is 2.52. The molecule has 1 aromatic carbocycles. The van der Waals surface area contributed by atoms with Crippen LogP contribution in [-0.4, -0.2) is 55.2 Å². The van der Waals surface area contributed by atoms with E-state index in [1.165, 1.54) is 8.61 Å². The lowest BCUT2D eigenvalue weighted by Crippen LogP contribution is -2.41. The van der Waals surface area contributed by atoms with E-state index in [0.717, 1.165) is 11.5 Å². The molecule has 0 saturated carbocycles. The lowest BCUT2D eigenvalue weighted by molar-refractivity contribution is 0.00578. The van der Waals surface area contributed by atoms with Crippen LogP contribution in [0.5, 0.6) is 0 Å². The van der Waals surface area contributed by atoms with Crippen molar-refractivity contribution in [3.05, 3.63) is 18.2 Å². The Labute approximate surface area is 176 Å². The number of nitrogens with zero attached hydrogens (tertiary/aromatic N) is 2. The number of hydrogen-bond donors (Lipinski definition) is 0. The van der Waals surface area contributed by atoms with E-state index in [1.54, 1.807) is 13.1 Å². The summed E-state index contributed by atoms with van der Waals surface area (Å²) >= 11 is 0. The first-order chi connectivity index (χ1) is 13.2. The zero-order valence-electron chi connectivity index (χ0n) is 18.8. The quantitative estimate of drug-likeness (QED) is 0.503. The van der Waals surface area contributed by atoms with Gasteiger partial charge in [-0.3, -0.25) is 4.31 Å². The molecular formula is C19H33BN2O5SSi. The van der Waals surface area contributed by atoms with Crippen LogP contribution in [0.25, 0.3) is 0 Å². The van der Waals surface area contributed by atoms with Gasteiger partial charge in [0.1, 0.15) is 6.73 Å². The van der Waals surface area contributed by atoms with Crippen molar-refractivity contribution in [3.63, 3.8) is 0 Å². The molecule has 29 heavy (non-hydrogen) atoms. The average Bonchev–Trinajstić information content (AvgIpc) is 2.90. The summed E-state index contributed by atoms with van der Waals surface area (Å²) in [6.07, 6.45) is 0. The van der Waals surface area contributed by atoms with Crippen LogP contribution >= 0.6 is 0 Å². The second kappa shape index (κ2) is 7.26. The van der Waals surface area contributed by atoms with Crippen molar-refractivity contribution in [1.29, 1.82) is 0 Å². The molecule has 162 valence electrons. The fourth-order valence-electron chi connectivity index (χ4n) is 3.19. The standard InChI is InChI=1S/C19H33BN2O5SSi/c1-18(2)19(3,4)27-20(26-18)15-9-10-16-17(13-15)21(5)28(23,24)22(16)14-25-11-12-29(6,7)8/h9-10,13H,11-12,14H2,1-8H3. The van der Waals surface area contributed by atoms with Crippen LogP contribution in [0.2, 0.25) is 25.7 Å². The third-order valence-electron chi connectivity index (χ3n) is 5.96. The van der Waals surface area contributed by atoms with Gasteiger partial charge in [-0.1, -0.05) is 25.7 Å². The molecule has 0 radical (unpaired) electrons. The number of benzene rings is 1. The fourth-order valence-corrected chi connectivity index (χ4v) is 5.25. The highest BCUT2D eigenvalue weighted by atomic mass is 32.2. The summed E-state index contributed by atoms with van der Waals surface area (Å²) < 4.78 is 46.4. The Kier molecular flexibility index (Phi) is 5.66. The number of rotatable bonds is 6. The summed E-state index contributed by atoms with van der Waals surface area (Å²) in [4.78, 5) is 0. The van der Waals surface area contributed by atoms with Crippen LogP contribution in [-0.2, 0) is 24.3 Å². The zero-order chi connectivity index (χ0) is 21.8. The molecule has 0 aliphatic carbocycles. The summed E-state index contributed by atoms with van der Waals surface area (Å²) in [7, 11) is -3.87. The normalized spacial score (nSPS) is 22.3. The summed E-state index contributed by atoms with van der Waals surface area (Å²) in [5, 5.41) is 0. The summed E-state index contributed by atoms with van der Waals surface area (Å²) in [5.74, 6) is 0. The zero-order valence-corrected chi connectivity index (χ0v) is 20.6. The van der Waals surface area contributed by atoms with Crippen molar-refractivity contribution >= 4 is 42.2 Å². The predicted octanol–water partition coefficient (Wildman–Crippen LogP) is 2.80. The summed E-state index contributed by atoms with van der Waals surface area (Å²) in [5.41, 5.74) is 1.10. The fraction of sp³-hybridized carbons (Fsp3) is 0.684. The lowest BCUT2D eigenvalue weighted by Gasteiger charge is -2.32. The van der Waals surface area contributed by atoms with Gasteiger partial charge in [-0.25, -0.2) is 4.31 Å². The first-order valence-electron chi connectivity index (χ1n) is 10.00. The molecule has 2 aliphatic heterocycles. The first kappa shape index (κ1) is 22.6. The minimum absolute atomic E-state index is 0.0139. The third-order valence-corrected chi connectivity index (χ3v) is 9.41. The van der Waals surface area contributed by atoms with Crippen LogP contribution in [0, 0.1) is 0 Å². The molecule has 0 spiro atoms. The Balaban J connectivity index is 1.81. The number of fused-ring (bicyclic) bond motifs is 1. The van der Waals surface area contributed by atoms with Crippen molar-refractivity contribution in [2.75, 3.05) is 29.0 Å². The molecule has 1 fully saturated rings.